The summed E-state index contributed by atoms with van der Waals surface area (Å²) >= 11 is 0. The van der Waals surface area contributed by atoms with Gasteiger partial charge in [0.15, 0.2) is 0 Å². The summed E-state index contributed by atoms with van der Waals surface area (Å²) in [7, 11) is 0. The standard InChI is InChI=1S/C17H14N4O2/c22-17(13-10-18-12-19-11-13)21-20-14-6-8-16(9-7-14)23-15-4-2-1-3-5-15/h1-12,20H,(H,21,22). The number of aromatic nitrogens is 2. The van der Waals surface area contributed by atoms with Gasteiger partial charge in [0.05, 0.1) is 11.3 Å². The smallest absolute Gasteiger partial charge is 0.272 e. The molecule has 2 aromatic carbocycles. The molecule has 0 aliphatic heterocycles. The van der Waals surface area contributed by atoms with Crippen molar-refractivity contribution in [3.63, 3.8) is 0 Å². The molecule has 1 amide bonds. The fourth-order valence-electron chi connectivity index (χ4n) is 1.85. The number of nitrogens with zero attached hydrogens (tertiary/aromatic N) is 2. The molecule has 0 atom stereocenters. The first-order valence-electron chi connectivity index (χ1n) is 6.95. The second-order valence-electron chi connectivity index (χ2n) is 4.65. The first kappa shape index (κ1) is 14.5. The molecule has 0 spiro atoms. The van der Waals surface area contributed by atoms with Gasteiger partial charge in [0.1, 0.15) is 17.8 Å². The molecule has 6 nitrogen and oxygen atoms in total. The Labute approximate surface area is 133 Å². The summed E-state index contributed by atoms with van der Waals surface area (Å²) in [5, 5.41) is 0. The van der Waals surface area contributed by atoms with E-state index in [1.807, 2.05) is 42.5 Å². The third kappa shape index (κ3) is 4.04. The van der Waals surface area contributed by atoms with Crippen molar-refractivity contribution in [3.05, 3.63) is 78.9 Å². The van der Waals surface area contributed by atoms with Crippen molar-refractivity contribution in [1.82, 2.24) is 15.4 Å². The highest BCUT2D eigenvalue weighted by atomic mass is 16.5. The van der Waals surface area contributed by atoms with Crippen molar-refractivity contribution >= 4 is 11.6 Å². The minimum atomic E-state index is -0.310. The molecule has 114 valence electrons. The van der Waals surface area contributed by atoms with Gasteiger partial charge in [0.25, 0.3) is 5.91 Å². The number of ether oxygens (including phenoxy) is 1. The number of nitrogens with one attached hydrogen (secondary N) is 2. The van der Waals surface area contributed by atoms with Crippen LogP contribution in [0.25, 0.3) is 0 Å². The molecule has 2 N–H and O–H groups in total. The van der Waals surface area contributed by atoms with Crippen LogP contribution in [0, 0.1) is 0 Å². The minimum absolute atomic E-state index is 0.310. The Hall–Kier alpha value is -3.41. The lowest BCUT2D eigenvalue weighted by Gasteiger charge is -2.09. The molecule has 0 saturated carbocycles. The van der Waals surface area contributed by atoms with Crippen molar-refractivity contribution in [3.8, 4) is 11.5 Å². The summed E-state index contributed by atoms with van der Waals surface area (Å²) < 4.78 is 5.70. The Bertz CT molecular complexity index is 762. The lowest BCUT2D eigenvalue weighted by molar-refractivity contribution is 0.0962. The number of amides is 1. The molecule has 0 saturated heterocycles. The molecule has 23 heavy (non-hydrogen) atoms. The monoisotopic (exact) mass is 306 g/mol. The van der Waals surface area contributed by atoms with Crippen LogP contribution in [0.2, 0.25) is 0 Å². The zero-order chi connectivity index (χ0) is 15.9. The molecule has 3 aromatic rings. The van der Waals surface area contributed by atoms with Crippen LogP contribution in [0.4, 0.5) is 5.69 Å². The van der Waals surface area contributed by atoms with Gasteiger partial charge in [-0.25, -0.2) is 9.97 Å². The summed E-state index contributed by atoms with van der Waals surface area (Å²) in [5.41, 5.74) is 6.51. The van der Waals surface area contributed by atoms with Gasteiger partial charge >= 0.3 is 0 Å². The van der Waals surface area contributed by atoms with E-state index in [9.17, 15) is 4.79 Å². The number of hydrogen-bond acceptors (Lipinski definition) is 5. The van der Waals surface area contributed by atoms with Gasteiger partial charge in [-0.1, -0.05) is 18.2 Å². The van der Waals surface area contributed by atoms with E-state index >= 15 is 0 Å². The molecule has 0 aliphatic carbocycles. The van der Waals surface area contributed by atoms with E-state index in [4.69, 9.17) is 4.74 Å². The summed E-state index contributed by atoms with van der Waals surface area (Å²) in [5.74, 6) is 1.17. The summed E-state index contributed by atoms with van der Waals surface area (Å²) in [6.07, 6.45) is 4.26. The molecule has 6 heteroatoms. The highest BCUT2D eigenvalue weighted by Gasteiger charge is 2.05. The quantitative estimate of drug-likeness (QED) is 0.709. The van der Waals surface area contributed by atoms with Crippen LogP contribution in [0.15, 0.2) is 73.3 Å². The van der Waals surface area contributed by atoms with E-state index in [1.54, 1.807) is 12.1 Å². The van der Waals surface area contributed by atoms with E-state index < -0.39 is 0 Å². The number of anilines is 1. The van der Waals surface area contributed by atoms with Crippen molar-refractivity contribution < 1.29 is 9.53 Å². The highest BCUT2D eigenvalue weighted by molar-refractivity contribution is 5.94. The summed E-state index contributed by atoms with van der Waals surface area (Å²) in [6, 6.07) is 16.8. The summed E-state index contributed by atoms with van der Waals surface area (Å²) in [4.78, 5) is 19.4. The molecule has 0 bridgehead atoms. The third-order valence-corrected chi connectivity index (χ3v) is 2.98. The number of carbonyl (C=O) groups excluding carboxylic acids is 1. The molecule has 1 heterocycles. The van der Waals surface area contributed by atoms with Crippen LogP contribution in [0.3, 0.4) is 0 Å². The predicted molar refractivity (Wildman–Crippen MR) is 86.1 cm³/mol. The number of hydrogen-bond donors (Lipinski definition) is 2. The third-order valence-electron chi connectivity index (χ3n) is 2.98. The van der Waals surface area contributed by atoms with Crippen LogP contribution in [0.5, 0.6) is 11.5 Å². The SMILES string of the molecule is O=C(NNc1ccc(Oc2ccccc2)cc1)c1cncnc1. The zero-order valence-electron chi connectivity index (χ0n) is 12.1. The van der Waals surface area contributed by atoms with Crippen LogP contribution in [-0.2, 0) is 0 Å². The Morgan fingerprint density at radius 1 is 0.870 bits per heavy atom. The van der Waals surface area contributed by atoms with Crippen molar-refractivity contribution in [1.29, 1.82) is 0 Å². The van der Waals surface area contributed by atoms with Crippen LogP contribution >= 0.6 is 0 Å². The molecular formula is C17H14N4O2. The topological polar surface area (TPSA) is 76.1 Å². The molecule has 3 rings (SSSR count). The maximum atomic E-state index is 11.8. The number of rotatable bonds is 5. The zero-order valence-corrected chi connectivity index (χ0v) is 12.1. The maximum absolute atomic E-state index is 11.8. The first-order valence-corrected chi connectivity index (χ1v) is 6.95. The first-order chi connectivity index (χ1) is 11.3. The summed E-state index contributed by atoms with van der Waals surface area (Å²) in [6.45, 7) is 0. The van der Waals surface area contributed by atoms with Crippen LogP contribution in [-0.4, -0.2) is 15.9 Å². The molecular weight excluding hydrogens is 292 g/mol. The van der Waals surface area contributed by atoms with Crippen LogP contribution < -0.4 is 15.6 Å². The molecule has 0 radical (unpaired) electrons. The average Bonchev–Trinajstić information content (AvgIpc) is 2.62. The number of para-hydroxylation sites is 1. The number of carbonyl (C=O) groups is 1. The van der Waals surface area contributed by atoms with E-state index in [0.717, 1.165) is 11.4 Å². The number of benzene rings is 2. The van der Waals surface area contributed by atoms with Crippen molar-refractivity contribution in [2.75, 3.05) is 5.43 Å². The molecule has 0 unspecified atom stereocenters. The molecule has 0 aliphatic rings. The van der Waals surface area contributed by atoms with Gasteiger partial charge in [0.2, 0.25) is 0 Å². The minimum Gasteiger partial charge on any atom is -0.457 e. The lowest BCUT2D eigenvalue weighted by atomic mass is 10.3. The van der Waals surface area contributed by atoms with Gasteiger partial charge in [0, 0.05) is 12.4 Å². The number of hydrazine groups is 1. The lowest BCUT2D eigenvalue weighted by Crippen LogP contribution is -2.29. The maximum Gasteiger partial charge on any atom is 0.272 e. The normalized spacial score (nSPS) is 9.91. The predicted octanol–water partition coefficient (Wildman–Crippen LogP) is 3.03. The second kappa shape index (κ2) is 7.04. The van der Waals surface area contributed by atoms with Crippen molar-refractivity contribution in [2.45, 2.75) is 0 Å². The van der Waals surface area contributed by atoms with Gasteiger partial charge < -0.3 is 4.74 Å². The van der Waals surface area contributed by atoms with E-state index in [-0.39, 0.29) is 5.91 Å². The second-order valence-corrected chi connectivity index (χ2v) is 4.65. The van der Waals surface area contributed by atoms with Crippen LogP contribution in [0.1, 0.15) is 10.4 Å². The molecule has 1 aromatic heterocycles. The van der Waals surface area contributed by atoms with E-state index in [0.29, 0.717) is 11.3 Å². The van der Waals surface area contributed by atoms with Gasteiger partial charge in [-0.2, -0.15) is 0 Å². The Kier molecular flexibility index (Phi) is 4.44. The Morgan fingerprint density at radius 2 is 1.52 bits per heavy atom. The Balaban J connectivity index is 1.56. The fraction of sp³-hybridized carbons (Fsp3) is 0. The largest absolute Gasteiger partial charge is 0.457 e. The highest BCUT2D eigenvalue weighted by Crippen LogP contribution is 2.22. The van der Waals surface area contributed by atoms with Crippen molar-refractivity contribution in [2.24, 2.45) is 0 Å². The average molecular weight is 306 g/mol. The van der Waals surface area contributed by atoms with Gasteiger partial charge in [-0.3, -0.25) is 15.6 Å². The van der Waals surface area contributed by atoms with Gasteiger partial charge in [-0.15, -0.1) is 0 Å². The van der Waals surface area contributed by atoms with Gasteiger partial charge in [-0.05, 0) is 36.4 Å². The van der Waals surface area contributed by atoms with E-state index in [1.165, 1.54) is 18.7 Å². The van der Waals surface area contributed by atoms with E-state index in [2.05, 4.69) is 20.8 Å². The Morgan fingerprint density at radius 3 is 2.22 bits per heavy atom. The molecule has 0 fully saturated rings. The fourth-order valence-corrected chi connectivity index (χ4v) is 1.85.